The molecular formula is C11H17N. The van der Waals surface area contributed by atoms with Crippen LogP contribution in [0.1, 0.15) is 25.7 Å². The van der Waals surface area contributed by atoms with Crippen molar-refractivity contribution in [3.63, 3.8) is 0 Å². The number of hydrogen-bond acceptors (Lipinski definition) is 1. The molecule has 4 saturated carbocycles. The first-order valence-electron chi connectivity index (χ1n) is 5.56. The largest absolute Gasteiger partial charge is 0.330 e. The molecule has 0 aliphatic heterocycles. The fourth-order valence-corrected chi connectivity index (χ4v) is 4.86. The summed E-state index contributed by atoms with van der Waals surface area (Å²) in [6.45, 7) is 0.959. The fourth-order valence-electron chi connectivity index (χ4n) is 4.86. The molecule has 6 unspecified atom stereocenters. The normalized spacial score (nSPS) is 70.2. The second-order valence-corrected chi connectivity index (χ2v) is 5.70. The summed E-state index contributed by atoms with van der Waals surface area (Å²) in [6, 6.07) is 0. The van der Waals surface area contributed by atoms with E-state index in [1.165, 1.54) is 24.7 Å². The maximum Gasteiger partial charge on any atom is -0.00487 e. The smallest absolute Gasteiger partial charge is 0.00487 e. The SMILES string of the molecule is NCC1CC2CC23C(C1)C1CC13. The van der Waals surface area contributed by atoms with Gasteiger partial charge in [0.05, 0.1) is 0 Å². The standard InChI is InChI=1S/C11H17N/c12-5-6-1-7-4-11(7)9(2-6)8-3-10(8)11/h6-10H,1-5,12H2. The number of fused-ring (bicyclic) bond motifs is 2. The van der Waals surface area contributed by atoms with Gasteiger partial charge >= 0.3 is 0 Å². The molecule has 12 heavy (non-hydrogen) atoms. The Morgan fingerprint density at radius 2 is 2.00 bits per heavy atom. The van der Waals surface area contributed by atoms with Gasteiger partial charge in [-0.3, -0.25) is 0 Å². The van der Waals surface area contributed by atoms with Crippen LogP contribution in [0.4, 0.5) is 0 Å². The summed E-state index contributed by atoms with van der Waals surface area (Å²) in [5, 5.41) is 0. The third kappa shape index (κ3) is 0.477. The van der Waals surface area contributed by atoms with Gasteiger partial charge in [-0.05, 0) is 67.2 Å². The van der Waals surface area contributed by atoms with Crippen LogP contribution in [0.5, 0.6) is 0 Å². The molecule has 4 aliphatic rings. The minimum atomic E-state index is 0.900. The Labute approximate surface area is 73.7 Å². The average Bonchev–Trinajstić information content (AvgIpc) is 2.93. The third-order valence-electron chi connectivity index (χ3n) is 5.48. The lowest BCUT2D eigenvalue weighted by atomic mass is 9.61. The zero-order chi connectivity index (χ0) is 7.92. The van der Waals surface area contributed by atoms with E-state index in [9.17, 15) is 0 Å². The second-order valence-electron chi connectivity index (χ2n) is 5.70. The van der Waals surface area contributed by atoms with Crippen molar-refractivity contribution in [1.82, 2.24) is 0 Å². The second kappa shape index (κ2) is 1.61. The van der Waals surface area contributed by atoms with Crippen molar-refractivity contribution in [3.05, 3.63) is 0 Å². The van der Waals surface area contributed by atoms with Crippen LogP contribution in [0.15, 0.2) is 0 Å². The first-order valence-corrected chi connectivity index (χ1v) is 5.56. The van der Waals surface area contributed by atoms with Gasteiger partial charge in [-0.2, -0.15) is 0 Å². The summed E-state index contributed by atoms with van der Waals surface area (Å²) in [7, 11) is 0. The summed E-state index contributed by atoms with van der Waals surface area (Å²) in [5.74, 6) is 5.58. The molecule has 0 amide bonds. The van der Waals surface area contributed by atoms with Crippen molar-refractivity contribution in [3.8, 4) is 0 Å². The Morgan fingerprint density at radius 1 is 1.17 bits per heavy atom. The van der Waals surface area contributed by atoms with Crippen molar-refractivity contribution >= 4 is 0 Å². The maximum atomic E-state index is 5.77. The van der Waals surface area contributed by atoms with Crippen LogP contribution in [0, 0.1) is 35.0 Å². The average molecular weight is 163 g/mol. The quantitative estimate of drug-likeness (QED) is 0.624. The summed E-state index contributed by atoms with van der Waals surface area (Å²) in [4.78, 5) is 0. The molecule has 66 valence electrons. The minimum absolute atomic E-state index is 0.900. The van der Waals surface area contributed by atoms with Crippen LogP contribution >= 0.6 is 0 Å². The molecular weight excluding hydrogens is 146 g/mol. The Kier molecular flexibility index (Phi) is 0.863. The molecule has 6 atom stereocenters. The van der Waals surface area contributed by atoms with Gasteiger partial charge in [-0.25, -0.2) is 0 Å². The summed E-state index contributed by atoms with van der Waals surface area (Å²) < 4.78 is 0. The van der Waals surface area contributed by atoms with Gasteiger partial charge in [-0.1, -0.05) is 0 Å². The van der Waals surface area contributed by atoms with Gasteiger partial charge in [0, 0.05) is 0 Å². The van der Waals surface area contributed by atoms with Crippen molar-refractivity contribution in [2.75, 3.05) is 6.54 Å². The Morgan fingerprint density at radius 3 is 2.83 bits per heavy atom. The highest BCUT2D eigenvalue weighted by atomic mass is 14.9. The zero-order valence-corrected chi connectivity index (χ0v) is 7.50. The molecule has 1 spiro atoms. The van der Waals surface area contributed by atoms with Crippen LogP contribution in [-0.4, -0.2) is 6.54 Å². The van der Waals surface area contributed by atoms with E-state index in [1.807, 2.05) is 0 Å². The molecule has 4 aliphatic carbocycles. The van der Waals surface area contributed by atoms with Crippen molar-refractivity contribution < 1.29 is 0 Å². The number of hydrogen-bond donors (Lipinski definition) is 1. The first kappa shape index (κ1) is 6.42. The molecule has 0 aromatic carbocycles. The minimum Gasteiger partial charge on any atom is -0.330 e. The van der Waals surface area contributed by atoms with Crippen molar-refractivity contribution in [2.45, 2.75) is 25.7 Å². The van der Waals surface area contributed by atoms with Gasteiger partial charge in [-0.15, -0.1) is 0 Å². The van der Waals surface area contributed by atoms with Gasteiger partial charge in [0.15, 0.2) is 0 Å². The molecule has 0 radical (unpaired) electrons. The van der Waals surface area contributed by atoms with E-state index in [4.69, 9.17) is 5.73 Å². The lowest BCUT2D eigenvalue weighted by molar-refractivity contribution is 0.0442. The predicted octanol–water partition coefficient (Wildman–Crippen LogP) is 1.63. The van der Waals surface area contributed by atoms with E-state index in [0.717, 1.165) is 29.7 Å². The summed E-state index contributed by atoms with van der Waals surface area (Å²) in [5.41, 5.74) is 6.71. The van der Waals surface area contributed by atoms with Crippen LogP contribution in [-0.2, 0) is 0 Å². The molecule has 1 nitrogen and oxygen atoms in total. The van der Waals surface area contributed by atoms with E-state index in [2.05, 4.69) is 0 Å². The number of rotatable bonds is 1. The molecule has 4 fully saturated rings. The molecule has 2 N–H and O–H groups in total. The molecule has 1 heteroatoms. The maximum absolute atomic E-state index is 5.77. The van der Waals surface area contributed by atoms with Crippen molar-refractivity contribution in [1.29, 1.82) is 0 Å². The Bertz CT molecular complexity index is 249. The van der Waals surface area contributed by atoms with Crippen LogP contribution in [0.25, 0.3) is 0 Å². The monoisotopic (exact) mass is 163 g/mol. The zero-order valence-electron chi connectivity index (χ0n) is 7.50. The Hall–Kier alpha value is -0.0400. The van der Waals surface area contributed by atoms with Crippen LogP contribution in [0.3, 0.4) is 0 Å². The molecule has 0 saturated heterocycles. The van der Waals surface area contributed by atoms with Gasteiger partial charge in [0.1, 0.15) is 0 Å². The van der Waals surface area contributed by atoms with Gasteiger partial charge in [0.2, 0.25) is 0 Å². The van der Waals surface area contributed by atoms with Gasteiger partial charge < -0.3 is 5.73 Å². The lowest BCUT2D eigenvalue weighted by Crippen LogP contribution is -2.40. The van der Waals surface area contributed by atoms with E-state index in [-0.39, 0.29) is 0 Å². The highest BCUT2D eigenvalue weighted by molar-refractivity contribution is 5.29. The molecule has 0 aromatic heterocycles. The molecule has 0 heterocycles. The first-order chi connectivity index (χ1) is 5.86. The fraction of sp³-hybridized carbons (Fsp3) is 1.00. The van der Waals surface area contributed by atoms with E-state index < -0.39 is 0 Å². The van der Waals surface area contributed by atoms with E-state index in [0.29, 0.717) is 0 Å². The Balaban J connectivity index is 1.64. The predicted molar refractivity (Wildman–Crippen MR) is 47.4 cm³/mol. The van der Waals surface area contributed by atoms with E-state index in [1.54, 1.807) is 12.8 Å². The summed E-state index contributed by atoms with van der Waals surface area (Å²) >= 11 is 0. The topological polar surface area (TPSA) is 26.0 Å². The lowest BCUT2D eigenvalue weighted by Gasteiger charge is -2.44. The summed E-state index contributed by atoms with van der Waals surface area (Å²) in [6.07, 6.45) is 6.16. The van der Waals surface area contributed by atoms with Crippen LogP contribution in [0.2, 0.25) is 0 Å². The van der Waals surface area contributed by atoms with Crippen molar-refractivity contribution in [2.24, 2.45) is 40.7 Å². The van der Waals surface area contributed by atoms with E-state index >= 15 is 0 Å². The van der Waals surface area contributed by atoms with Crippen LogP contribution < -0.4 is 5.73 Å². The highest BCUT2D eigenvalue weighted by Crippen LogP contribution is 2.87. The molecule has 0 bridgehead atoms. The third-order valence-corrected chi connectivity index (χ3v) is 5.48. The number of nitrogens with two attached hydrogens (primary N) is 1. The molecule has 4 rings (SSSR count). The molecule has 0 aromatic rings. The highest BCUT2D eigenvalue weighted by Gasteiger charge is 2.81. The van der Waals surface area contributed by atoms with Gasteiger partial charge in [0.25, 0.3) is 0 Å².